The van der Waals surface area contributed by atoms with E-state index < -0.39 is 21.6 Å². The molecule has 0 saturated heterocycles. The molecule has 18 heavy (non-hydrogen) atoms. The Balaban J connectivity index is 2.63. The Bertz CT molecular complexity index is 685. The van der Waals surface area contributed by atoms with Crippen LogP contribution < -0.4 is 5.56 Å². The van der Waals surface area contributed by atoms with Gasteiger partial charge in [0.2, 0.25) is 0 Å². The fourth-order valence-electron chi connectivity index (χ4n) is 1.36. The van der Waals surface area contributed by atoms with Crippen LogP contribution in [0.3, 0.4) is 0 Å². The molecule has 1 heterocycles. The fourth-order valence-corrected chi connectivity index (χ4v) is 1.60. The van der Waals surface area contributed by atoms with E-state index in [2.05, 4.69) is 5.10 Å². The van der Waals surface area contributed by atoms with Crippen LogP contribution >= 0.6 is 23.2 Å². The molecule has 0 spiro atoms. The molecule has 0 amide bonds. The normalized spacial score (nSPS) is 10.4. The minimum atomic E-state index is -0.900. The van der Waals surface area contributed by atoms with Gasteiger partial charge in [0.15, 0.2) is 5.82 Å². The second-order valence-corrected chi connectivity index (χ2v) is 4.07. The van der Waals surface area contributed by atoms with Gasteiger partial charge in [-0.15, -0.1) is 0 Å². The molecule has 0 saturated carbocycles. The zero-order valence-electron chi connectivity index (χ0n) is 8.73. The Morgan fingerprint density at radius 2 is 2.11 bits per heavy atom. The summed E-state index contributed by atoms with van der Waals surface area (Å²) in [5.74, 6) is -0.900. The van der Waals surface area contributed by atoms with E-state index in [0.717, 1.165) is 10.9 Å². The van der Waals surface area contributed by atoms with Gasteiger partial charge in [0, 0.05) is 5.56 Å². The Labute approximate surface area is 111 Å². The molecule has 0 fully saturated rings. The van der Waals surface area contributed by atoms with Crippen molar-refractivity contribution in [2.75, 3.05) is 0 Å². The summed E-state index contributed by atoms with van der Waals surface area (Å²) in [6.45, 7) is 0. The maximum atomic E-state index is 13.0. The third kappa shape index (κ3) is 2.27. The van der Waals surface area contributed by atoms with Crippen molar-refractivity contribution >= 4 is 28.4 Å². The first-order chi connectivity index (χ1) is 8.50. The number of rotatable bonds is 2. The SMILES string of the molecule is O=C(Cl)c1cccc(-n2ncc(F)c(Cl)c2=O)c1. The largest absolute Gasteiger partial charge is 0.293 e. The van der Waals surface area contributed by atoms with Gasteiger partial charge in [0.05, 0.1) is 11.9 Å². The standard InChI is InChI=1S/C11H5Cl2FN2O2/c12-9-8(14)5-15-16(11(9)18)7-3-1-2-6(4-7)10(13)17/h1-5H. The zero-order chi connectivity index (χ0) is 13.3. The Morgan fingerprint density at radius 1 is 1.39 bits per heavy atom. The van der Waals surface area contributed by atoms with Gasteiger partial charge < -0.3 is 0 Å². The molecule has 92 valence electrons. The van der Waals surface area contributed by atoms with Crippen molar-refractivity contribution in [3.8, 4) is 5.69 Å². The van der Waals surface area contributed by atoms with E-state index in [1.807, 2.05) is 0 Å². The van der Waals surface area contributed by atoms with Crippen LogP contribution in [-0.2, 0) is 0 Å². The molecule has 0 bridgehead atoms. The predicted molar refractivity (Wildman–Crippen MR) is 65.0 cm³/mol. The van der Waals surface area contributed by atoms with Crippen molar-refractivity contribution in [1.29, 1.82) is 0 Å². The monoisotopic (exact) mass is 286 g/mol. The van der Waals surface area contributed by atoms with E-state index in [4.69, 9.17) is 23.2 Å². The van der Waals surface area contributed by atoms with Gasteiger partial charge in [0.1, 0.15) is 5.02 Å². The van der Waals surface area contributed by atoms with Gasteiger partial charge in [-0.2, -0.15) is 9.78 Å². The molecule has 7 heteroatoms. The maximum Gasteiger partial charge on any atom is 0.293 e. The number of halogens is 3. The first-order valence-corrected chi connectivity index (χ1v) is 5.50. The second kappa shape index (κ2) is 4.88. The van der Waals surface area contributed by atoms with Crippen molar-refractivity contribution in [2.45, 2.75) is 0 Å². The van der Waals surface area contributed by atoms with Gasteiger partial charge in [-0.1, -0.05) is 17.7 Å². The van der Waals surface area contributed by atoms with Crippen molar-refractivity contribution in [3.63, 3.8) is 0 Å². The lowest BCUT2D eigenvalue weighted by Crippen LogP contribution is -2.22. The summed E-state index contributed by atoms with van der Waals surface area (Å²) in [5.41, 5.74) is -0.340. The molecule has 0 aliphatic heterocycles. The molecule has 2 rings (SSSR count). The lowest BCUT2D eigenvalue weighted by molar-refractivity contribution is 0.108. The van der Waals surface area contributed by atoms with Crippen molar-refractivity contribution in [2.24, 2.45) is 0 Å². The number of carbonyl (C=O) groups is 1. The first-order valence-electron chi connectivity index (χ1n) is 4.74. The van der Waals surface area contributed by atoms with Gasteiger partial charge >= 0.3 is 0 Å². The summed E-state index contributed by atoms with van der Waals surface area (Å²) in [6, 6.07) is 5.88. The number of hydrogen-bond donors (Lipinski definition) is 0. The first kappa shape index (κ1) is 12.7. The van der Waals surface area contributed by atoms with Gasteiger partial charge in [-0.25, -0.2) is 4.39 Å². The summed E-state index contributed by atoms with van der Waals surface area (Å²) < 4.78 is 13.9. The van der Waals surface area contributed by atoms with E-state index in [1.165, 1.54) is 24.3 Å². The van der Waals surface area contributed by atoms with Crippen LogP contribution in [0.4, 0.5) is 4.39 Å². The summed E-state index contributed by atoms with van der Waals surface area (Å²) in [7, 11) is 0. The maximum absolute atomic E-state index is 13.0. The minimum absolute atomic E-state index is 0.198. The summed E-state index contributed by atoms with van der Waals surface area (Å²) in [4.78, 5) is 22.7. The highest BCUT2D eigenvalue weighted by Gasteiger charge is 2.11. The Morgan fingerprint density at radius 3 is 2.78 bits per heavy atom. The Hall–Kier alpha value is -1.72. The predicted octanol–water partition coefficient (Wildman–Crippen LogP) is 2.40. The third-order valence-electron chi connectivity index (χ3n) is 2.19. The molecule has 0 atom stereocenters. The minimum Gasteiger partial charge on any atom is -0.276 e. The summed E-state index contributed by atoms with van der Waals surface area (Å²) in [6.07, 6.45) is 0.818. The lowest BCUT2D eigenvalue weighted by atomic mass is 10.2. The summed E-state index contributed by atoms with van der Waals surface area (Å²) >= 11 is 10.8. The van der Waals surface area contributed by atoms with Crippen LogP contribution in [0.5, 0.6) is 0 Å². The van der Waals surface area contributed by atoms with Crippen molar-refractivity contribution < 1.29 is 9.18 Å². The van der Waals surface area contributed by atoms with Crippen LogP contribution in [0.2, 0.25) is 5.02 Å². The van der Waals surface area contributed by atoms with Gasteiger partial charge in [0.25, 0.3) is 10.8 Å². The van der Waals surface area contributed by atoms with Crippen LogP contribution in [0.25, 0.3) is 5.69 Å². The van der Waals surface area contributed by atoms with Gasteiger partial charge in [-0.05, 0) is 29.8 Å². The van der Waals surface area contributed by atoms with E-state index in [0.29, 0.717) is 0 Å². The molecular formula is C11H5Cl2FN2O2. The zero-order valence-corrected chi connectivity index (χ0v) is 10.2. The van der Waals surface area contributed by atoms with Crippen LogP contribution in [0, 0.1) is 5.82 Å². The number of carbonyl (C=O) groups excluding carboxylic acids is 1. The number of hydrogen-bond acceptors (Lipinski definition) is 3. The van der Waals surface area contributed by atoms with E-state index in [1.54, 1.807) is 0 Å². The third-order valence-corrected chi connectivity index (χ3v) is 2.75. The molecule has 2 aromatic rings. The lowest BCUT2D eigenvalue weighted by Gasteiger charge is -2.05. The van der Waals surface area contributed by atoms with Crippen LogP contribution in [-0.4, -0.2) is 15.0 Å². The van der Waals surface area contributed by atoms with Crippen molar-refractivity contribution in [1.82, 2.24) is 9.78 Å². The highest BCUT2D eigenvalue weighted by Crippen LogP contribution is 2.12. The average Bonchev–Trinajstić information content (AvgIpc) is 2.36. The molecule has 1 aromatic heterocycles. The second-order valence-electron chi connectivity index (χ2n) is 3.35. The fraction of sp³-hybridized carbons (Fsp3) is 0. The highest BCUT2D eigenvalue weighted by molar-refractivity contribution is 6.67. The van der Waals surface area contributed by atoms with Gasteiger partial charge in [-0.3, -0.25) is 9.59 Å². The van der Waals surface area contributed by atoms with Crippen molar-refractivity contribution in [3.05, 3.63) is 57.2 Å². The smallest absolute Gasteiger partial charge is 0.276 e. The molecule has 0 unspecified atom stereocenters. The number of benzene rings is 1. The average molecular weight is 287 g/mol. The molecule has 0 aliphatic carbocycles. The van der Waals surface area contributed by atoms with E-state index >= 15 is 0 Å². The molecule has 4 nitrogen and oxygen atoms in total. The highest BCUT2D eigenvalue weighted by atomic mass is 35.5. The molecule has 0 N–H and O–H groups in total. The molecular weight excluding hydrogens is 282 g/mol. The van der Waals surface area contributed by atoms with E-state index in [9.17, 15) is 14.0 Å². The molecule has 1 aromatic carbocycles. The molecule has 0 radical (unpaired) electrons. The quantitative estimate of drug-likeness (QED) is 0.797. The summed E-state index contributed by atoms with van der Waals surface area (Å²) in [5, 5.41) is 2.37. The van der Waals surface area contributed by atoms with Crippen LogP contribution in [0.1, 0.15) is 10.4 Å². The Kier molecular flexibility index (Phi) is 3.45. The number of aromatic nitrogens is 2. The number of nitrogens with zero attached hydrogens (tertiary/aromatic N) is 2. The van der Waals surface area contributed by atoms with E-state index in [-0.39, 0.29) is 11.3 Å². The topological polar surface area (TPSA) is 52.0 Å². The molecule has 0 aliphatic rings. The van der Waals surface area contributed by atoms with Crippen LogP contribution in [0.15, 0.2) is 35.3 Å².